The molecule has 146 valence electrons. The number of aryl methyl sites for hydroxylation is 1. The van der Waals surface area contributed by atoms with Crippen LogP contribution in [0.4, 0.5) is 5.69 Å². The molecule has 27 heavy (non-hydrogen) atoms. The van der Waals surface area contributed by atoms with Crippen molar-refractivity contribution >= 4 is 29.2 Å². The van der Waals surface area contributed by atoms with Crippen LogP contribution in [0.5, 0.6) is 0 Å². The molecule has 1 aromatic carbocycles. The third kappa shape index (κ3) is 7.30. The molecule has 2 rings (SSSR count). The molecule has 0 radical (unpaired) electrons. The maximum atomic E-state index is 12.1. The molecule has 0 aliphatic heterocycles. The highest BCUT2D eigenvalue weighted by Gasteiger charge is 2.07. The monoisotopic (exact) mass is 390 g/mol. The first kappa shape index (κ1) is 20.8. The average molecular weight is 391 g/mol. The number of halogens is 1. The highest BCUT2D eigenvalue weighted by molar-refractivity contribution is 6.31. The number of aliphatic imine (C=N–C) groups is 1. The average Bonchev–Trinajstić information content (AvgIpc) is 3.16. The van der Waals surface area contributed by atoms with Crippen molar-refractivity contribution in [3.8, 4) is 0 Å². The molecule has 7 nitrogen and oxygen atoms in total. The maximum absolute atomic E-state index is 12.1. The Morgan fingerprint density at radius 3 is 2.89 bits per heavy atom. The van der Waals surface area contributed by atoms with Gasteiger partial charge in [0.15, 0.2) is 5.96 Å². The van der Waals surface area contributed by atoms with Crippen LogP contribution in [0.15, 0.2) is 41.7 Å². The van der Waals surface area contributed by atoms with Crippen LogP contribution in [-0.2, 0) is 11.3 Å². The Morgan fingerprint density at radius 2 is 2.15 bits per heavy atom. The minimum absolute atomic E-state index is 0.0672. The summed E-state index contributed by atoms with van der Waals surface area (Å²) < 4.78 is 1.89. The summed E-state index contributed by atoms with van der Waals surface area (Å²) in [6.07, 6.45) is 4.94. The van der Waals surface area contributed by atoms with Gasteiger partial charge in [-0.05, 0) is 44.0 Å². The van der Waals surface area contributed by atoms with E-state index < -0.39 is 0 Å². The molecule has 0 bridgehead atoms. The summed E-state index contributed by atoms with van der Waals surface area (Å²) in [4.78, 5) is 16.7. The van der Waals surface area contributed by atoms with Gasteiger partial charge < -0.3 is 16.0 Å². The van der Waals surface area contributed by atoms with E-state index in [1.807, 2.05) is 42.9 Å². The second-order valence-corrected chi connectivity index (χ2v) is 6.43. The number of carbonyl (C=O) groups excluding carboxylic acids is 1. The number of anilines is 1. The quantitative estimate of drug-likeness (QED) is 0.349. The third-order valence-electron chi connectivity index (χ3n) is 3.90. The van der Waals surface area contributed by atoms with E-state index >= 15 is 0 Å². The second-order valence-electron chi connectivity index (χ2n) is 6.02. The van der Waals surface area contributed by atoms with Crippen LogP contribution in [0.25, 0.3) is 0 Å². The van der Waals surface area contributed by atoms with Gasteiger partial charge in [0.1, 0.15) is 0 Å². The normalized spacial score (nSPS) is 11.3. The van der Waals surface area contributed by atoms with Crippen LogP contribution in [0.2, 0.25) is 5.02 Å². The number of nitrogens with zero attached hydrogens (tertiary/aromatic N) is 3. The zero-order valence-corrected chi connectivity index (χ0v) is 16.6. The van der Waals surface area contributed by atoms with Gasteiger partial charge in [-0.3, -0.25) is 14.5 Å². The topological polar surface area (TPSA) is 83.3 Å². The summed E-state index contributed by atoms with van der Waals surface area (Å²) in [5, 5.41) is 14.1. The lowest BCUT2D eigenvalue weighted by molar-refractivity contribution is -0.116. The maximum Gasteiger partial charge on any atom is 0.226 e. The van der Waals surface area contributed by atoms with E-state index in [1.54, 1.807) is 12.3 Å². The molecule has 0 fully saturated rings. The molecule has 0 atom stereocenters. The van der Waals surface area contributed by atoms with Crippen LogP contribution >= 0.6 is 11.6 Å². The molecule has 1 amide bonds. The summed E-state index contributed by atoms with van der Waals surface area (Å²) in [7, 11) is 0. The lowest BCUT2D eigenvalue weighted by atomic mass is 10.2. The number of carbonyl (C=O) groups is 1. The van der Waals surface area contributed by atoms with Gasteiger partial charge in [-0.15, -0.1) is 0 Å². The van der Waals surface area contributed by atoms with E-state index in [0.29, 0.717) is 30.5 Å². The first-order valence-electron chi connectivity index (χ1n) is 9.14. The highest BCUT2D eigenvalue weighted by atomic mass is 35.5. The van der Waals surface area contributed by atoms with Crippen molar-refractivity contribution in [3.05, 3.63) is 47.2 Å². The van der Waals surface area contributed by atoms with Crippen LogP contribution in [0.1, 0.15) is 25.3 Å². The van der Waals surface area contributed by atoms with Crippen molar-refractivity contribution in [2.45, 2.75) is 33.2 Å². The van der Waals surface area contributed by atoms with Crippen molar-refractivity contribution in [3.63, 3.8) is 0 Å². The fourth-order valence-corrected chi connectivity index (χ4v) is 2.62. The summed E-state index contributed by atoms with van der Waals surface area (Å²) >= 11 is 6.08. The standard InChI is InChI=1S/C19H27ClN6O/c1-3-21-19(22-10-5-13-26-14-6-11-24-26)23-12-9-18(27)25-17-8-4-7-16(20)15(17)2/h4,6-8,11,14H,3,5,9-10,12-13H2,1-2H3,(H,25,27)(H2,21,22,23). The molecule has 1 aromatic heterocycles. The zero-order chi connectivity index (χ0) is 19.5. The minimum Gasteiger partial charge on any atom is -0.357 e. The van der Waals surface area contributed by atoms with Gasteiger partial charge in [-0.25, -0.2) is 0 Å². The molecule has 0 saturated carbocycles. The Kier molecular flexibility index (Phi) is 8.64. The number of benzene rings is 1. The van der Waals surface area contributed by atoms with Gasteiger partial charge in [0.25, 0.3) is 0 Å². The molecular formula is C19H27ClN6O. The van der Waals surface area contributed by atoms with Gasteiger partial charge in [0.05, 0.1) is 0 Å². The van der Waals surface area contributed by atoms with E-state index in [-0.39, 0.29) is 5.91 Å². The van der Waals surface area contributed by atoms with Crippen molar-refractivity contribution in [1.29, 1.82) is 0 Å². The van der Waals surface area contributed by atoms with Crippen molar-refractivity contribution in [2.24, 2.45) is 4.99 Å². The Hall–Kier alpha value is -2.54. The fourth-order valence-electron chi connectivity index (χ4n) is 2.45. The third-order valence-corrected chi connectivity index (χ3v) is 4.31. The van der Waals surface area contributed by atoms with Crippen LogP contribution in [0, 0.1) is 6.92 Å². The lowest BCUT2D eigenvalue weighted by Gasteiger charge is -2.12. The van der Waals surface area contributed by atoms with Crippen molar-refractivity contribution in [1.82, 2.24) is 20.4 Å². The molecule has 8 heteroatoms. The molecule has 0 saturated heterocycles. The van der Waals surface area contributed by atoms with E-state index in [4.69, 9.17) is 11.6 Å². The molecular weight excluding hydrogens is 364 g/mol. The zero-order valence-electron chi connectivity index (χ0n) is 15.8. The van der Waals surface area contributed by atoms with Crippen LogP contribution in [0.3, 0.4) is 0 Å². The van der Waals surface area contributed by atoms with Gasteiger partial charge in [-0.1, -0.05) is 17.7 Å². The summed E-state index contributed by atoms with van der Waals surface area (Å²) in [6.45, 7) is 6.67. The van der Waals surface area contributed by atoms with E-state index in [1.165, 1.54) is 0 Å². The largest absolute Gasteiger partial charge is 0.357 e. The molecule has 3 N–H and O–H groups in total. The molecule has 0 aliphatic carbocycles. The molecule has 1 heterocycles. The predicted molar refractivity (Wildman–Crippen MR) is 110 cm³/mol. The molecule has 0 aliphatic rings. The van der Waals surface area contributed by atoms with Crippen molar-refractivity contribution in [2.75, 3.05) is 25.0 Å². The van der Waals surface area contributed by atoms with Gasteiger partial charge in [-0.2, -0.15) is 5.10 Å². The fraction of sp³-hybridized carbons (Fsp3) is 0.421. The van der Waals surface area contributed by atoms with Gasteiger partial charge >= 0.3 is 0 Å². The molecule has 0 unspecified atom stereocenters. The Balaban J connectivity index is 1.73. The predicted octanol–water partition coefficient (Wildman–Crippen LogP) is 2.82. The molecule has 0 spiro atoms. The summed E-state index contributed by atoms with van der Waals surface area (Å²) in [5.41, 5.74) is 1.61. The SMILES string of the molecule is CCNC(=NCCCn1cccn1)NCCC(=O)Nc1cccc(Cl)c1C. The van der Waals surface area contributed by atoms with Gasteiger partial charge in [0.2, 0.25) is 5.91 Å². The van der Waals surface area contributed by atoms with Crippen LogP contribution in [-0.4, -0.2) is 41.3 Å². The Bertz CT molecular complexity index is 745. The minimum atomic E-state index is -0.0672. The number of rotatable bonds is 9. The van der Waals surface area contributed by atoms with E-state index in [0.717, 1.165) is 30.8 Å². The first-order chi connectivity index (χ1) is 13.1. The second kappa shape index (κ2) is 11.2. The number of aromatic nitrogens is 2. The lowest BCUT2D eigenvalue weighted by Crippen LogP contribution is -2.38. The van der Waals surface area contributed by atoms with E-state index in [2.05, 4.69) is 26.0 Å². The summed E-state index contributed by atoms with van der Waals surface area (Å²) in [5.74, 6) is 0.645. The Morgan fingerprint density at radius 1 is 1.30 bits per heavy atom. The number of hydrogen-bond acceptors (Lipinski definition) is 3. The molecule has 2 aromatic rings. The summed E-state index contributed by atoms with van der Waals surface area (Å²) in [6, 6.07) is 7.38. The number of nitrogens with one attached hydrogen (secondary N) is 3. The number of amides is 1. The highest BCUT2D eigenvalue weighted by Crippen LogP contribution is 2.22. The van der Waals surface area contributed by atoms with Crippen molar-refractivity contribution < 1.29 is 4.79 Å². The number of hydrogen-bond donors (Lipinski definition) is 3. The number of guanidine groups is 1. The van der Waals surface area contributed by atoms with Crippen LogP contribution < -0.4 is 16.0 Å². The Labute approximate surface area is 165 Å². The smallest absolute Gasteiger partial charge is 0.226 e. The van der Waals surface area contributed by atoms with E-state index in [9.17, 15) is 4.79 Å². The van der Waals surface area contributed by atoms with Gasteiger partial charge in [0, 0.05) is 55.7 Å². The first-order valence-corrected chi connectivity index (χ1v) is 9.52.